The molecular formula is C22H25N5O2. The molecule has 2 heterocycles. The number of anilines is 1. The quantitative estimate of drug-likeness (QED) is 0.625. The smallest absolute Gasteiger partial charge is 0.317 e. The predicted octanol–water partition coefficient (Wildman–Crippen LogP) is 2.63. The van der Waals surface area contributed by atoms with Gasteiger partial charge in [-0.15, -0.1) is 0 Å². The first-order chi connectivity index (χ1) is 14.2. The number of aromatic nitrogens is 1. The van der Waals surface area contributed by atoms with Crippen molar-refractivity contribution in [2.75, 3.05) is 38.0 Å². The van der Waals surface area contributed by atoms with E-state index < -0.39 is 0 Å². The van der Waals surface area contributed by atoms with Gasteiger partial charge in [0.25, 0.3) is 0 Å². The standard InChI is InChI=1S/C22H25N5O2/c28-21(25-19-7-6-18-8-9-23-20(18)14-19)15-24-22(29)27-12-10-26(11-13-27)16-17-4-2-1-3-5-17/h1-9,14,23H,10-13,15-16H2,(H,24,29)(H,25,28). The SMILES string of the molecule is O=C(CNC(=O)N1CCN(Cc2ccccc2)CC1)Nc1ccc2cc[nH]c2c1. The van der Waals surface area contributed by atoms with Crippen LogP contribution in [0.4, 0.5) is 10.5 Å². The van der Waals surface area contributed by atoms with Crippen molar-refractivity contribution in [1.82, 2.24) is 20.1 Å². The Labute approximate surface area is 169 Å². The maximum Gasteiger partial charge on any atom is 0.317 e. The Kier molecular flexibility index (Phi) is 5.76. The average Bonchev–Trinajstić information content (AvgIpc) is 3.21. The van der Waals surface area contributed by atoms with Crippen LogP contribution in [-0.2, 0) is 11.3 Å². The first-order valence-corrected chi connectivity index (χ1v) is 9.83. The van der Waals surface area contributed by atoms with Crippen molar-refractivity contribution in [3.05, 3.63) is 66.4 Å². The molecule has 0 aliphatic carbocycles. The summed E-state index contributed by atoms with van der Waals surface area (Å²) in [5, 5.41) is 6.62. The summed E-state index contributed by atoms with van der Waals surface area (Å²) in [4.78, 5) is 31.8. The zero-order chi connectivity index (χ0) is 20.1. The van der Waals surface area contributed by atoms with Gasteiger partial charge in [0, 0.05) is 50.1 Å². The Balaban J connectivity index is 1.20. The molecule has 2 aromatic carbocycles. The highest BCUT2D eigenvalue weighted by atomic mass is 16.2. The molecule has 0 bridgehead atoms. The van der Waals surface area contributed by atoms with E-state index in [-0.39, 0.29) is 18.5 Å². The van der Waals surface area contributed by atoms with E-state index in [2.05, 4.69) is 32.7 Å². The van der Waals surface area contributed by atoms with Gasteiger partial charge in [0.15, 0.2) is 0 Å². The summed E-state index contributed by atoms with van der Waals surface area (Å²) in [5.74, 6) is -0.244. The van der Waals surface area contributed by atoms with E-state index >= 15 is 0 Å². The number of urea groups is 1. The van der Waals surface area contributed by atoms with E-state index in [0.29, 0.717) is 18.8 Å². The summed E-state index contributed by atoms with van der Waals surface area (Å²) >= 11 is 0. The molecule has 4 rings (SSSR count). The summed E-state index contributed by atoms with van der Waals surface area (Å²) in [6.07, 6.45) is 1.86. The van der Waals surface area contributed by atoms with Crippen molar-refractivity contribution in [1.29, 1.82) is 0 Å². The third-order valence-corrected chi connectivity index (χ3v) is 5.15. The second kappa shape index (κ2) is 8.79. The number of piperazine rings is 1. The van der Waals surface area contributed by atoms with Crippen molar-refractivity contribution in [2.45, 2.75) is 6.54 Å². The van der Waals surface area contributed by atoms with Crippen LogP contribution in [0.3, 0.4) is 0 Å². The average molecular weight is 391 g/mol. The minimum absolute atomic E-state index is 0.0498. The maximum absolute atomic E-state index is 12.4. The van der Waals surface area contributed by atoms with Crippen molar-refractivity contribution in [3.8, 4) is 0 Å². The molecule has 150 valence electrons. The number of fused-ring (bicyclic) bond motifs is 1. The Bertz CT molecular complexity index is 977. The lowest BCUT2D eigenvalue weighted by atomic mass is 10.2. The normalized spacial score (nSPS) is 14.7. The Hall–Kier alpha value is -3.32. The first kappa shape index (κ1) is 19.0. The largest absolute Gasteiger partial charge is 0.361 e. The summed E-state index contributed by atoms with van der Waals surface area (Å²) in [5.41, 5.74) is 2.94. The molecule has 7 heteroatoms. The van der Waals surface area contributed by atoms with Gasteiger partial charge in [-0.3, -0.25) is 9.69 Å². The van der Waals surface area contributed by atoms with Crippen LogP contribution in [0.2, 0.25) is 0 Å². The van der Waals surface area contributed by atoms with Gasteiger partial charge in [-0.1, -0.05) is 36.4 Å². The van der Waals surface area contributed by atoms with Crippen LogP contribution in [0.5, 0.6) is 0 Å². The molecule has 1 saturated heterocycles. The van der Waals surface area contributed by atoms with Crippen LogP contribution >= 0.6 is 0 Å². The molecular weight excluding hydrogens is 366 g/mol. The second-order valence-electron chi connectivity index (χ2n) is 7.24. The second-order valence-corrected chi connectivity index (χ2v) is 7.24. The van der Waals surface area contributed by atoms with Crippen molar-refractivity contribution >= 4 is 28.5 Å². The van der Waals surface area contributed by atoms with Gasteiger partial charge < -0.3 is 20.5 Å². The number of benzene rings is 2. The van der Waals surface area contributed by atoms with Gasteiger partial charge >= 0.3 is 6.03 Å². The van der Waals surface area contributed by atoms with Gasteiger partial charge in [0.05, 0.1) is 6.54 Å². The number of carbonyl (C=O) groups excluding carboxylic acids is 2. The molecule has 1 aliphatic heterocycles. The summed E-state index contributed by atoms with van der Waals surface area (Å²) in [7, 11) is 0. The predicted molar refractivity (Wildman–Crippen MR) is 114 cm³/mol. The van der Waals surface area contributed by atoms with Crippen LogP contribution in [0.1, 0.15) is 5.56 Å². The molecule has 3 N–H and O–H groups in total. The molecule has 0 radical (unpaired) electrons. The Morgan fingerprint density at radius 1 is 0.966 bits per heavy atom. The summed E-state index contributed by atoms with van der Waals surface area (Å²) < 4.78 is 0. The maximum atomic E-state index is 12.4. The minimum Gasteiger partial charge on any atom is -0.361 e. The number of amides is 3. The molecule has 1 aliphatic rings. The van der Waals surface area contributed by atoms with E-state index in [9.17, 15) is 9.59 Å². The highest BCUT2D eigenvalue weighted by Gasteiger charge is 2.21. The molecule has 0 spiro atoms. The third kappa shape index (κ3) is 4.94. The van der Waals surface area contributed by atoms with E-state index in [4.69, 9.17) is 0 Å². The van der Waals surface area contributed by atoms with E-state index in [1.807, 2.05) is 48.7 Å². The number of hydrogen-bond donors (Lipinski definition) is 3. The Morgan fingerprint density at radius 3 is 2.55 bits per heavy atom. The zero-order valence-corrected chi connectivity index (χ0v) is 16.2. The Morgan fingerprint density at radius 2 is 1.76 bits per heavy atom. The van der Waals surface area contributed by atoms with Crippen molar-refractivity contribution in [2.24, 2.45) is 0 Å². The van der Waals surface area contributed by atoms with Crippen LogP contribution in [0.25, 0.3) is 10.9 Å². The fraction of sp³-hybridized carbons (Fsp3) is 0.273. The topological polar surface area (TPSA) is 80.5 Å². The lowest BCUT2D eigenvalue weighted by molar-refractivity contribution is -0.115. The fourth-order valence-corrected chi connectivity index (χ4v) is 3.55. The molecule has 0 saturated carbocycles. The number of H-pyrrole nitrogens is 1. The highest BCUT2D eigenvalue weighted by Crippen LogP contribution is 2.17. The number of hydrogen-bond acceptors (Lipinski definition) is 3. The molecule has 3 aromatic rings. The van der Waals surface area contributed by atoms with Gasteiger partial charge in [-0.2, -0.15) is 0 Å². The highest BCUT2D eigenvalue weighted by molar-refractivity contribution is 5.96. The molecule has 7 nitrogen and oxygen atoms in total. The molecule has 0 atom stereocenters. The monoisotopic (exact) mass is 391 g/mol. The number of nitrogens with zero attached hydrogens (tertiary/aromatic N) is 2. The third-order valence-electron chi connectivity index (χ3n) is 5.15. The molecule has 3 amide bonds. The van der Waals surface area contributed by atoms with Crippen molar-refractivity contribution in [3.63, 3.8) is 0 Å². The van der Waals surface area contributed by atoms with Gasteiger partial charge in [-0.25, -0.2) is 4.79 Å². The van der Waals surface area contributed by atoms with E-state index in [1.165, 1.54) is 5.56 Å². The molecule has 29 heavy (non-hydrogen) atoms. The number of rotatable bonds is 5. The van der Waals surface area contributed by atoms with Crippen molar-refractivity contribution < 1.29 is 9.59 Å². The van der Waals surface area contributed by atoms with Gasteiger partial charge in [0.1, 0.15) is 0 Å². The lowest BCUT2D eigenvalue weighted by Gasteiger charge is -2.34. The summed E-state index contributed by atoms with van der Waals surface area (Å²) in [6, 6.07) is 17.8. The van der Waals surface area contributed by atoms with Crippen LogP contribution in [-0.4, -0.2) is 59.4 Å². The van der Waals surface area contributed by atoms with Crippen LogP contribution in [0, 0.1) is 0 Å². The number of aromatic amines is 1. The number of nitrogens with one attached hydrogen (secondary N) is 3. The van der Waals surface area contributed by atoms with E-state index in [1.54, 1.807) is 4.90 Å². The van der Waals surface area contributed by atoms with Gasteiger partial charge in [-0.05, 0) is 29.1 Å². The molecule has 0 unspecified atom stereocenters. The first-order valence-electron chi connectivity index (χ1n) is 9.83. The van der Waals surface area contributed by atoms with Gasteiger partial charge in [0.2, 0.25) is 5.91 Å². The molecule has 1 aromatic heterocycles. The van der Waals surface area contributed by atoms with Crippen LogP contribution in [0.15, 0.2) is 60.8 Å². The zero-order valence-electron chi connectivity index (χ0n) is 16.2. The van der Waals surface area contributed by atoms with E-state index in [0.717, 1.165) is 30.5 Å². The fourth-order valence-electron chi connectivity index (χ4n) is 3.55. The lowest BCUT2D eigenvalue weighted by Crippen LogP contribution is -2.52. The number of carbonyl (C=O) groups is 2. The van der Waals surface area contributed by atoms with Crippen LogP contribution < -0.4 is 10.6 Å². The summed E-state index contributed by atoms with van der Waals surface area (Å²) in [6.45, 7) is 3.80. The minimum atomic E-state index is -0.244. The molecule has 1 fully saturated rings.